The van der Waals surface area contributed by atoms with Gasteiger partial charge in [0.15, 0.2) is 6.04 Å². The summed E-state index contributed by atoms with van der Waals surface area (Å²) in [4.78, 5) is 12.0. The van der Waals surface area contributed by atoms with E-state index in [2.05, 4.69) is 20.9 Å². The van der Waals surface area contributed by atoms with Crippen molar-refractivity contribution in [3.8, 4) is 6.07 Å². The molecule has 5 nitrogen and oxygen atoms in total. The molecule has 1 aliphatic heterocycles. The van der Waals surface area contributed by atoms with Crippen LogP contribution in [-0.2, 0) is 0 Å². The van der Waals surface area contributed by atoms with Gasteiger partial charge in [-0.05, 0) is 6.07 Å². The predicted molar refractivity (Wildman–Crippen MR) is 60.0 cm³/mol. The van der Waals surface area contributed by atoms with Gasteiger partial charge in [0.05, 0.1) is 26.2 Å². The Hall–Kier alpha value is -1.67. The molecule has 1 atom stereocenters. The number of hydrogen-bond donors (Lipinski definition) is 1. The van der Waals surface area contributed by atoms with Crippen molar-refractivity contribution in [2.75, 3.05) is 31.1 Å². The van der Waals surface area contributed by atoms with Crippen LogP contribution in [0.3, 0.4) is 0 Å². The van der Waals surface area contributed by atoms with Crippen molar-refractivity contribution in [2.24, 2.45) is 0 Å². The van der Waals surface area contributed by atoms with E-state index in [1.807, 2.05) is 13.0 Å². The van der Waals surface area contributed by atoms with Crippen LogP contribution in [0.5, 0.6) is 0 Å². The lowest BCUT2D eigenvalue weighted by Gasteiger charge is -2.33. The van der Waals surface area contributed by atoms with Gasteiger partial charge in [0, 0.05) is 19.3 Å². The lowest BCUT2D eigenvalue weighted by molar-refractivity contribution is -0.915. The zero-order valence-electron chi connectivity index (χ0n) is 9.43. The van der Waals surface area contributed by atoms with Crippen molar-refractivity contribution in [3.05, 3.63) is 18.5 Å². The molecule has 1 fully saturated rings. The van der Waals surface area contributed by atoms with Crippen LogP contribution in [0.2, 0.25) is 0 Å². The predicted octanol–water partition coefficient (Wildman–Crippen LogP) is -0.906. The highest BCUT2D eigenvalue weighted by Crippen LogP contribution is 2.04. The second kappa shape index (κ2) is 4.90. The smallest absolute Gasteiger partial charge is 0.225 e. The van der Waals surface area contributed by atoms with Gasteiger partial charge in [-0.3, -0.25) is 0 Å². The van der Waals surface area contributed by atoms with Gasteiger partial charge < -0.3 is 9.80 Å². The molecular formula is C11H16N5+. The Labute approximate surface area is 95.3 Å². The fourth-order valence-corrected chi connectivity index (χ4v) is 1.97. The number of anilines is 1. The Balaban J connectivity index is 1.94. The molecular weight excluding hydrogens is 202 g/mol. The summed E-state index contributed by atoms with van der Waals surface area (Å²) in [5.41, 5.74) is 0. The second-order valence-electron chi connectivity index (χ2n) is 4.04. The molecule has 1 aromatic heterocycles. The summed E-state index contributed by atoms with van der Waals surface area (Å²) in [6.45, 7) is 5.78. The van der Waals surface area contributed by atoms with Crippen LogP contribution in [0.4, 0.5) is 5.95 Å². The maximum absolute atomic E-state index is 8.86. The van der Waals surface area contributed by atoms with Gasteiger partial charge in [0.1, 0.15) is 6.07 Å². The van der Waals surface area contributed by atoms with Crippen molar-refractivity contribution >= 4 is 5.95 Å². The van der Waals surface area contributed by atoms with Crippen molar-refractivity contribution in [2.45, 2.75) is 13.0 Å². The molecule has 1 saturated heterocycles. The molecule has 1 aliphatic rings. The van der Waals surface area contributed by atoms with Crippen LogP contribution in [0.25, 0.3) is 0 Å². The highest BCUT2D eigenvalue weighted by molar-refractivity contribution is 5.28. The first kappa shape index (κ1) is 10.8. The molecule has 84 valence electrons. The van der Waals surface area contributed by atoms with Crippen molar-refractivity contribution in [3.63, 3.8) is 0 Å². The van der Waals surface area contributed by atoms with Crippen molar-refractivity contribution < 1.29 is 4.90 Å². The molecule has 0 unspecified atom stereocenters. The topological polar surface area (TPSA) is 57.2 Å². The summed E-state index contributed by atoms with van der Waals surface area (Å²) >= 11 is 0. The fraction of sp³-hybridized carbons (Fsp3) is 0.545. The second-order valence-corrected chi connectivity index (χ2v) is 4.04. The minimum Gasteiger partial charge on any atom is -0.330 e. The SMILES string of the molecule is C[C@@H](C#N)[NH+]1CCN(c2ncccn2)CC1. The van der Waals surface area contributed by atoms with Gasteiger partial charge in [-0.15, -0.1) is 0 Å². The van der Waals surface area contributed by atoms with Crippen molar-refractivity contribution in [1.29, 1.82) is 5.26 Å². The Kier molecular flexibility index (Phi) is 3.32. The fourth-order valence-electron chi connectivity index (χ4n) is 1.97. The van der Waals surface area contributed by atoms with E-state index in [1.165, 1.54) is 4.90 Å². The van der Waals surface area contributed by atoms with Gasteiger partial charge in [-0.1, -0.05) is 0 Å². The molecule has 2 rings (SSSR count). The number of nitrogens with one attached hydrogen (secondary N) is 1. The first-order valence-corrected chi connectivity index (χ1v) is 5.57. The third kappa shape index (κ3) is 2.28. The minimum absolute atomic E-state index is 0.0823. The first-order valence-electron chi connectivity index (χ1n) is 5.57. The molecule has 0 bridgehead atoms. The third-order valence-electron chi connectivity index (χ3n) is 3.05. The number of hydrogen-bond acceptors (Lipinski definition) is 4. The van der Waals surface area contributed by atoms with Gasteiger partial charge in [0.25, 0.3) is 0 Å². The molecule has 5 heteroatoms. The van der Waals surface area contributed by atoms with Crippen LogP contribution < -0.4 is 9.80 Å². The largest absolute Gasteiger partial charge is 0.330 e. The Morgan fingerprint density at radius 1 is 1.38 bits per heavy atom. The summed E-state index contributed by atoms with van der Waals surface area (Å²) in [6.07, 6.45) is 3.53. The molecule has 0 amide bonds. The zero-order valence-corrected chi connectivity index (χ0v) is 9.43. The number of aromatic nitrogens is 2. The van der Waals surface area contributed by atoms with Crippen molar-refractivity contribution in [1.82, 2.24) is 9.97 Å². The number of rotatable bonds is 2. The van der Waals surface area contributed by atoms with Gasteiger partial charge in [-0.2, -0.15) is 5.26 Å². The quantitative estimate of drug-likeness (QED) is 0.698. The van der Waals surface area contributed by atoms with E-state index in [-0.39, 0.29) is 6.04 Å². The molecule has 0 spiro atoms. The molecule has 2 heterocycles. The van der Waals surface area contributed by atoms with Crippen LogP contribution in [-0.4, -0.2) is 42.2 Å². The molecule has 0 aliphatic carbocycles. The van der Waals surface area contributed by atoms with Gasteiger partial charge in [0.2, 0.25) is 5.95 Å². The highest BCUT2D eigenvalue weighted by Gasteiger charge is 2.24. The molecule has 1 aromatic rings. The monoisotopic (exact) mass is 218 g/mol. The highest BCUT2D eigenvalue weighted by atomic mass is 15.3. The van der Waals surface area contributed by atoms with E-state index < -0.39 is 0 Å². The van der Waals surface area contributed by atoms with E-state index in [1.54, 1.807) is 12.4 Å². The van der Waals surface area contributed by atoms with Crippen LogP contribution in [0, 0.1) is 11.3 Å². The van der Waals surface area contributed by atoms with Gasteiger partial charge >= 0.3 is 0 Å². The van der Waals surface area contributed by atoms with E-state index in [4.69, 9.17) is 5.26 Å². The Morgan fingerprint density at radius 2 is 2.00 bits per heavy atom. The van der Waals surface area contributed by atoms with E-state index in [0.717, 1.165) is 32.1 Å². The Bertz CT molecular complexity index is 364. The number of nitriles is 1. The van der Waals surface area contributed by atoms with E-state index >= 15 is 0 Å². The number of piperazine rings is 1. The maximum Gasteiger partial charge on any atom is 0.225 e. The zero-order chi connectivity index (χ0) is 11.4. The van der Waals surface area contributed by atoms with Gasteiger partial charge in [-0.25, -0.2) is 9.97 Å². The minimum atomic E-state index is 0.0823. The molecule has 1 N–H and O–H groups in total. The average molecular weight is 218 g/mol. The van der Waals surface area contributed by atoms with E-state index in [0.29, 0.717) is 0 Å². The van der Waals surface area contributed by atoms with Crippen LogP contribution in [0.1, 0.15) is 6.92 Å². The maximum atomic E-state index is 8.86. The summed E-state index contributed by atoms with van der Waals surface area (Å²) in [5.74, 6) is 0.797. The summed E-state index contributed by atoms with van der Waals surface area (Å²) in [7, 11) is 0. The average Bonchev–Trinajstić information content (AvgIpc) is 2.39. The standard InChI is InChI=1S/C11H15N5/c1-10(9-12)15-5-7-16(8-6-15)11-13-3-2-4-14-11/h2-4,10H,5-8H2,1H3/p+1/t10-/m0/s1. The summed E-state index contributed by atoms with van der Waals surface area (Å²) in [5, 5.41) is 8.86. The lowest BCUT2D eigenvalue weighted by atomic mass is 10.2. The summed E-state index contributed by atoms with van der Waals surface area (Å²) in [6, 6.07) is 4.21. The van der Waals surface area contributed by atoms with Crippen LogP contribution >= 0.6 is 0 Å². The lowest BCUT2D eigenvalue weighted by Crippen LogP contribution is -3.17. The molecule has 16 heavy (non-hydrogen) atoms. The molecule has 0 aromatic carbocycles. The molecule has 0 radical (unpaired) electrons. The Morgan fingerprint density at radius 3 is 2.56 bits per heavy atom. The van der Waals surface area contributed by atoms with E-state index in [9.17, 15) is 0 Å². The summed E-state index contributed by atoms with van der Waals surface area (Å²) < 4.78 is 0. The number of nitrogens with zero attached hydrogens (tertiary/aromatic N) is 4. The number of quaternary nitrogens is 1. The third-order valence-corrected chi connectivity index (χ3v) is 3.05. The normalized spacial score (nSPS) is 19.1. The first-order chi connectivity index (χ1) is 7.81. The molecule has 0 saturated carbocycles. The van der Waals surface area contributed by atoms with Crippen LogP contribution in [0.15, 0.2) is 18.5 Å².